The zero-order valence-electron chi connectivity index (χ0n) is 13.3. The fraction of sp³-hybridized carbons (Fsp3) is 0.733. The van der Waals surface area contributed by atoms with Crippen molar-refractivity contribution in [1.82, 2.24) is 19.3 Å². The van der Waals surface area contributed by atoms with Crippen LogP contribution < -0.4 is 0 Å². The van der Waals surface area contributed by atoms with Gasteiger partial charge in [0.05, 0.1) is 11.1 Å². The van der Waals surface area contributed by atoms with Crippen molar-refractivity contribution >= 4 is 22.8 Å². The zero-order valence-corrected chi connectivity index (χ0v) is 14.1. The molecule has 2 unspecified atom stereocenters. The van der Waals surface area contributed by atoms with Crippen LogP contribution in [0.5, 0.6) is 0 Å². The quantitative estimate of drug-likeness (QED) is 0.774. The molecule has 4 nitrogen and oxygen atoms in total. The first-order valence-electron chi connectivity index (χ1n) is 7.44. The van der Waals surface area contributed by atoms with E-state index in [4.69, 9.17) is 16.6 Å². The van der Waals surface area contributed by atoms with E-state index in [0.717, 1.165) is 35.5 Å². The fourth-order valence-electron chi connectivity index (χ4n) is 2.96. The molecule has 0 saturated heterocycles. The van der Waals surface area contributed by atoms with E-state index in [1.165, 1.54) is 0 Å². The lowest BCUT2D eigenvalue weighted by molar-refractivity contribution is 0.420. The van der Waals surface area contributed by atoms with E-state index in [0.29, 0.717) is 12.0 Å². The molecule has 112 valence electrons. The standard InChI is InChI=1S/C15H25ClN4/c1-7-12-13-15(19(6)18-12)20(10(4)8-9(2)3)14(17-13)11(5)16/h9-11H,7-8H2,1-6H3. The molecule has 2 aromatic rings. The Bertz CT molecular complexity index is 595. The van der Waals surface area contributed by atoms with E-state index in [2.05, 4.69) is 37.4 Å². The Balaban J connectivity index is 2.65. The summed E-state index contributed by atoms with van der Waals surface area (Å²) in [5, 5.41) is 4.49. The van der Waals surface area contributed by atoms with Crippen LogP contribution in [-0.4, -0.2) is 19.3 Å². The van der Waals surface area contributed by atoms with Gasteiger partial charge in [0.2, 0.25) is 0 Å². The number of alkyl halides is 1. The summed E-state index contributed by atoms with van der Waals surface area (Å²) in [5.74, 6) is 1.59. The maximum Gasteiger partial charge on any atom is 0.158 e. The van der Waals surface area contributed by atoms with Gasteiger partial charge in [-0.3, -0.25) is 4.68 Å². The molecule has 0 aromatic carbocycles. The lowest BCUT2D eigenvalue weighted by Crippen LogP contribution is -2.14. The minimum atomic E-state index is -0.0956. The number of hydrogen-bond donors (Lipinski definition) is 0. The van der Waals surface area contributed by atoms with E-state index in [1.54, 1.807) is 0 Å². The Hall–Kier alpha value is -1.03. The van der Waals surface area contributed by atoms with Crippen LogP contribution in [0.25, 0.3) is 11.2 Å². The van der Waals surface area contributed by atoms with Crippen molar-refractivity contribution in [2.45, 2.75) is 58.9 Å². The van der Waals surface area contributed by atoms with Crippen LogP contribution in [0.15, 0.2) is 0 Å². The van der Waals surface area contributed by atoms with Crippen LogP contribution in [0.1, 0.15) is 64.0 Å². The largest absolute Gasteiger partial charge is 0.309 e. The molecule has 0 aliphatic rings. The highest BCUT2D eigenvalue weighted by Gasteiger charge is 2.24. The topological polar surface area (TPSA) is 35.6 Å². The SMILES string of the molecule is CCc1nn(C)c2c1nc(C(C)Cl)n2C(C)CC(C)C. The van der Waals surface area contributed by atoms with Crippen molar-refractivity contribution in [2.24, 2.45) is 13.0 Å². The Morgan fingerprint density at radius 2 is 1.85 bits per heavy atom. The minimum absolute atomic E-state index is 0.0956. The van der Waals surface area contributed by atoms with E-state index >= 15 is 0 Å². The molecule has 0 radical (unpaired) electrons. The second-order valence-electron chi connectivity index (χ2n) is 6.03. The molecule has 0 amide bonds. The van der Waals surface area contributed by atoms with E-state index < -0.39 is 0 Å². The Labute approximate surface area is 126 Å². The van der Waals surface area contributed by atoms with Crippen LogP contribution in [0.3, 0.4) is 0 Å². The predicted molar refractivity (Wildman–Crippen MR) is 84.3 cm³/mol. The van der Waals surface area contributed by atoms with Crippen molar-refractivity contribution in [2.75, 3.05) is 0 Å². The number of imidazole rings is 1. The Morgan fingerprint density at radius 3 is 2.35 bits per heavy atom. The number of aromatic nitrogens is 4. The van der Waals surface area contributed by atoms with Crippen molar-refractivity contribution in [1.29, 1.82) is 0 Å². The summed E-state index contributed by atoms with van der Waals surface area (Å²) in [4.78, 5) is 4.78. The zero-order chi connectivity index (χ0) is 15.0. The maximum atomic E-state index is 6.35. The summed E-state index contributed by atoms with van der Waals surface area (Å²) in [5.41, 5.74) is 3.15. The fourth-order valence-corrected chi connectivity index (χ4v) is 3.11. The van der Waals surface area contributed by atoms with Gasteiger partial charge in [-0.2, -0.15) is 5.10 Å². The van der Waals surface area contributed by atoms with Crippen LogP contribution in [0.4, 0.5) is 0 Å². The summed E-state index contributed by atoms with van der Waals surface area (Å²) >= 11 is 6.35. The van der Waals surface area contributed by atoms with Gasteiger partial charge >= 0.3 is 0 Å². The molecule has 2 aromatic heterocycles. The number of nitrogens with zero attached hydrogens (tertiary/aromatic N) is 4. The minimum Gasteiger partial charge on any atom is -0.309 e. The molecule has 20 heavy (non-hydrogen) atoms. The highest BCUT2D eigenvalue weighted by molar-refractivity contribution is 6.20. The lowest BCUT2D eigenvalue weighted by Gasteiger charge is -2.20. The number of hydrogen-bond acceptors (Lipinski definition) is 2. The van der Waals surface area contributed by atoms with Gasteiger partial charge in [0.25, 0.3) is 0 Å². The van der Waals surface area contributed by atoms with Gasteiger partial charge in [-0.15, -0.1) is 11.6 Å². The molecule has 0 aliphatic heterocycles. The summed E-state index contributed by atoms with van der Waals surface area (Å²) in [7, 11) is 1.99. The smallest absolute Gasteiger partial charge is 0.158 e. The molecule has 0 fully saturated rings. The molecule has 0 bridgehead atoms. The number of rotatable bonds is 5. The van der Waals surface area contributed by atoms with Gasteiger partial charge in [0, 0.05) is 13.1 Å². The van der Waals surface area contributed by atoms with Gasteiger partial charge in [0.15, 0.2) is 5.65 Å². The highest BCUT2D eigenvalue weighted by atomic mass is 35.5. The number of halogens is 1. The third-order valence-electron chi connectivity index (χ3n) is 3.71. The van der Waals surface area contributed by atoms with Crippen molar-refractivity contribution < 1.29 is 0 Å². The van der Waals surface area contributed by atoms with Gasteiger partial charge in [-0.05, 0) is 32.6 Å². The summed E-state index contributed by atoms with van der Waals surface area (Å²) in [6.45, 7) is 10.8. The number of fused-ring (bicyclic) bond motifs is 1. The van der Waals surface area contributed by atoms with Gasteiger partial charge in [-0.1, -0.05) is 20.8 Å². The Morgan fingerprint density at radius 1 is 1.20 bits per heavy atom. The first-order chi connectivity index (χ1) is 9.36. The second-order valence-corrected chi connectivity index (χ2v) is 6.69. The van der Waals surface area contributed by atoms with Gasteiger partial charge in [-0.25, -0.2) is 4.98 Å². The van der Waals surface area contributed by atoms with E-state index in [-0.39, 0.29) is 5.38 Å². The van der Waals surface area contributed by atoms with Crippen LogP contribution in [0, 0.1) is 5.92 Å². The third-order valence-corrected chi connectivity index (χ3v) is 3.90. The second kappa shape index (κ2) is 5.76. The average Bonchev–Trinajstić information content (AvgIpc) is 2.86. The number of aryl methyl sites for hydroxylation is 2. The third kappa shape index (κ3) is 2.58. The predicted octanol–water partition coefficient (Wildman–Crippen LogP) is 4.24. The van der Waals surface area contributed by atoms with Crippen molar-refractivity contribution in [3.63, 3.8) is 0 Å². The first kappa shape index (κ1) is 15.4. The lowest BCUT2D eigenvalue weighted by atomic mass is 10.0. The first-order valence-corrected chi connectivity index (χ1v) is 7.88. The van der Waals surface area contributed by atoms with Crippen molar-refractivity contribution in [3.8, 4) is 0 Å². The molecular formula is C15H25ClN4. The van der Waals surface area contributed by atoms with Gasteiger partial charge in [0.1, 0.15) is 11.3 Å². The molecule has 2 rings (SSSR count). The van der Waals surface area contributed by atoms with Crippen LogP contribution >= 0.6 is 11.6 Å². The highest BCUT2D eigenvalue weighted by Crippen LogP contribution is 2.31. The molecule has 2 atom stereocenters. The maximum absolute atomic E-state index is 6.35. The monoisotopic (exact) mass is 296 g/mol. The summed E-state index contributed by atoms with van der Waals surface area (Å²) in [6.07, 6.45) is 2.00. The van der Waals surface area contributed by atoms with E-state index in [9.17, 15) is 0 Å². The Kier molecular flexibility index (Phi) is 4.43. The van der Waals surface area contributed by atoms with Crippen molar-refractivity contribution in [3.05, 3.63) is 11.5 Å². The van der Waals surface area contributed by atoms with E-state index in [1.807, 2.05) is 18.7 Å². The van der Waals surface area contributed by atoms with Crippen LogP contribution in [0.2, 0.25) is 0 Å². The van der Waals surface area contributed by atoms with Crippen LogP contribution in [-0.2, 0) is 13.5 Å². The molecule has 0 spiro atoms. The molecule has 5 heteroatoms. The summed E-state index contributed by atoms with van der Waals surface area (Å²) < 4.78 is 4.22. The molecule has 2 heterocycles. The van der Waals surface area contributed by atoms with Gasteiger partial charge < -0.3 is 4.57 Å². The molecular weight excluding hydrogens is 272 g/mol. The average molecular weight is 297 g/mol. The normalized spacial score (nSPS) is 15.2. The molecule has 0 N–H and O–H groups in total. The summed E-state index contributed by atoms with van der Waals surface area (Å²) in [6, 6.07) is 0.372. The molecule has 0 aliphatic carbocycles. The molecule has 0 saturated carbocycles.